The van der Waals surface area contributed by atoms with Crippen molar-refractivity contribution >= 4 is 11.3 Å². The lowest BCUT2D eigenvalue weighted by atomic mass is 10.1. The van der Waals surface area contributed by atoms with E-state index in [-0.39, 0.29) is 0 Å². The number of unbranched alkanes of at least 4 members (excludes halogenated alkanes) is 5. The van der Waals surface area contributed by atoms with Gasteiger partial charge in [0.1, 0.15) is 0 Å². The smallest absolute Gasteiger partial charge is 0.0152 e. The molecule has 0 aromatic carbocycles. The van der Waals surface area contributed by atoms with Gasteiger partial charge in [0.15, 0.2) is 0 Å². The molecule has 0 aromatic heterocycles. The van der Waals surface area contributed by atoms with E-state index in [2.05, 4.69) is 18.6 Å². The van der Waals surface area contributed by atoms with Gasteiger partial charge in [-0.3, -0.25) is 9.35 Å². The maximum Gasteiger partial charge on any atom is 0.0152 e. The highest BCUT2D eigenvalue weighted by atomic mass is 32.2. The average molecular weight is 206 g/mol. The summed E-state index contributed by atoms with van der Waals surface area (Å²) < 4.78 is 17.6. The molecule has 80 valence electrons. The van der Waals surface area contributed by atoms with Gasteiger partial charge in [0, 0.05) is 11.3 Å². The van der Waals surface area contributed by atoms with Crippen molar-refractivity contribution in [1.29, 1.82) is 0 Å². The van der Waals surface area contributed by atoms with Crippen LogP contribution in [-0.4, -0.2) is 8.76 Å². The Balaban J connectivity index is 0. The predicted molar refractivity (Wildman–Crippen MR) is 56.7 cm³/mol. The number of rotatable bonds is 6. The van der Waals surface area contributed by atoms with Gasteiger partial charge < -0.3 is 4.55 Å². The fourth-order valence-electron chi connectivity index (χ4n) is 0.892. The van der Waals surface area contributed by atoms with Crippen molar-refractivity contribution < 1.29 is 8.76 Å². The average Bonchev–Trinajstić information content (AvgIpc) is 2.03. The summed E-state index contributed by atoms with van der Waals surface area (Å²) in [6.45, 7) is 5.92. The summed E-state index contributed by atoms with van der Waals surface area (Å²) >= 11 is -2.36. The topological polar surface area (TPSA) is 66.2 Å². The van der Waals surface area contributed by atoms with Crippen LogP contribution < -0.4 is 5.14 Å². The Bertz CT molecular complexity index is 125. The quantitative estimate of drug-likeness (QED) is 0.411. The van der Waals surface area contributed by atoms with Crippen molar-refractivity contribution in [2.24, 2.45) is 5.14 Å². The zero-order valence-electron chi connectivity index (χ0n) is 8.33. The highest BCUT2D eigenvalue weighted by Gasteiger charge is 1.84. The zero-order chi connectivity index (χ0) is 10.5. The first-order valence-electron chi connectivity index (χ1n) is 4.59. The molecule has 0 heterocycles. The Kier molecular flexibility index (Phi) is 16.9. The van der Waals surface area contributed by atoms with Gasteiger partial charge in [-0.05, 0) is 12.8 Å². The highest BCUT2D eigenvalue weighted by molar-refractivity contribution is 7.76. The molecule has 0 aliphatic carbocycles. The molecule has 0 rings (SSSR count). The van der Waals surface area contributed by atoms with Gasteiger partial charge in [0.2, 0.25) is 0 Å². The molecular formula is C9H20NO2S-. The second-order valence-electron chi connectivity index (χ2n) is 2.75. The maximum atomic E-state index is 8.78. The van der Waals surface area contributed by atoms with Crippen LogP contribution in [0.15, 0.2) is 12.7 Å². The van der Waals surface area contributed by atoms with Crippen molar-refractivity contribution in [3.05, 3.63) is 12.7 Å². The van der Waals surface area contributed by atoms with Crippen LogP contribution in [0.25, 0.3) is 0 Å². The monoisotopic (exact) mass is 206 g/mol. The molecule has 1 unspecified atom stereocenters. The van der Waals surface area contributed by atoms with E-state index >= 15 is 0 Å². The summed E-state index contributed by atoms with van der Waals surface area (Å²) in [6, 6.07) is 0. The molecule has 0 bridgehead atoms. The Morgan fingerprint density at radius 2 is 1.85 bits per heavy atom. The van der Waals surface area contributed by atoms with Crippen LogP contribution in [0, 0.1) is 0 Å². The van der Waals surface area contributed by atoms with Crippen molar-refractivity contribution in [3.63, 3.8) is 0 Å². The van der Waals surface area contributed by atoms with E-state index in [1.165, 1.54) is 38.5 Å². The molecule has 0 radical (unpaired) electrons. The third-order valence-corrected chi connectivity index (χ3v) is 1.51. The van der Waals surface area contributed by atoms with E-state index in [1.807, 2.05) is 6.08 Å². The van der Waals surface area contributed by atoms with E-state index < -0.39 is 11.3 Å². The molecule has 0 saturated heterocycles. The van der Waals surface area contributed by atoms with Crippen LogP contribution in [-0.2, 0) is 11.3 Å². The van der Waals surface area contributed by atoms with Crippen molar-refractivity contribution in [2.45, 2.75) is 45.4 Å². The number of hydrogen-bond donors (Lipinski definition) is 1. The summed E-state index contributed by atoms with van der Waals surface area (Å²) in [5.74, 6) is 0. The molecule has 0 aliphatic rings. The minimum Gasteiger partial charge on any atom is -0.760 e. The molecule has 2 N–H and O–H groups in total. The Labute approximate surface area is 83.8 Å². The van der Waals surface area contributed by atoms with E-state index in [4.69, 9.17) is 8.76 Å². The summed E-state index contributed by atoms with van der Waals surface area (Å²) in [5.41, 5.74) is 0. The van der Waals surface area contributed by atoms with Gasteiger partial charge in [-0.1, -0.05) is 38.7 Å². The van der Waals surface area contributed by atoms with Gasteiger partial charge in [0.25, 0.3) is 0 Å². The van der Waals surface area contributed by atoms with E-state index in [1.54, 1.807) is 0 Å². The number of allylic oxidation sites excluding steroid dienone is 1. The van der Waals surface area contributed by atoms with E-state index in [9.17, 15) is 0 Å². The summed E-state index contributed by atoms with van der Waals surface area (Å²) in [4.78, 5) is 0. The number of nitrogens with two attached hydrogens (primary N) is 1. The lowest BCUT2D eigenvalue weighted by Gasteiger charge is -1.94. The molecule has 0 aliphatic heterocycles. The van der Waals surface area contributed by atoms with Gasteiger partial charge in [-0.25, -0.2) is 0 Å². The molecule has 3 nitrogen and oxygen atoms in total. The largest absolute Gasteiger partial charge is 0.760 e. The molecular weight excluding hydrogens is 186 g/mol. The zero-order valence-corrected chi connectivity index (χ0v) is 9.15. The fourth-order valence-corrected chi connectivity index (χ4v) is 0.892. The molecule has 13 heavy (non-hydrogen) atoms. The maximum absolute atomic E-state index is 8.78. The second kappa shape index (κ2) is 14.3. The lowest BCUT2D eigenvalue weighted by Crippen LogP contribution is -1.97. The molecule has 0 saturated carbocycles. The molecule has 0 aromatic rings. The third-order valence-electron chi connectivity index (χ3n) is 1.51. The first-order chi connectivity index (χ1) is 6.15. The van der Waals surface area contributed by atoms with Crippen LogP contribution >= 0.6 is 0 Å². The van der Waals surface area contributed by atoms with Crippen LogP contribution in [0.3, 0.4) is 0 Å². The molecule has 1 atom stereocenters. The van der Waals surface area contributed by atoms with Gasteiger partial charge >= 0.3 is 0 Å². The van der Waals surface area contributed by atoms with Gasteiger partial charge in [-0.15, -0.1) is 6.58 Å². The Morgan fingerprint density at radius 3 is 2.23 bits per heavy atom. The van der Waals surface area contributed by atoms with E-state index in [0.29, 0.717) is 0 Å². The molecule has 0 fully saturated rings. The fraction of sp³-hybridized carbons (Fsp3) is 0.778. The van der Waals surface area contributed by atoms with Crippen LogP contribution in [0.2, 0.25) is 0 Å². The first-order valence-corrected chi connectivity index (χ1v) is 5.73. The van der Waals surface area contributed by atoms with E-state index in [0.717, 1.165) is 0 Å². The summed E-state index contributed by atoms with van der Waals surface area (Å²) in [7, 11) is 0. The van der Waals surface area contributed by atoms with Crippen molar-refractivity contribution in [3.8, 4) is 0 Å². The minimum atomic E-state index is -2.36. The van der Waals surface area contributed by atoms with Crippen molar-refractivity contribution in [1.82, 2.24) is 0 Å². The number of hydrogen-bond acceptors (Lipinski definition) is 2. The van der Waals surface area contributed by atoms with Gasteiger partial charge in [-0.2, -0.15) is 0 Å². The van der Waals surface area contributed by atoms with Crippen LogP contribution in [0.4, 0.5) is 0 Å². The van der Waals surface area contributed by atoms with Gasteiger partial charge in [0.05, 0.1) is 0 Å². The SMILES string of the molecule is C=CCCCCCCC.NS(=O)[O-]. The predicted octanol–water partition coefficient (Wildman–Crippen LogP) is 2.27. The Morgan fingerprint density at radius 1 is 1.38 bits per heavy atom. The lowest BCUT2D eigenvalue weighted by molar-refractivity contribution is 0.539. The first kappa shape index (κ1) is 15.3. The molecule has 4 heteroatoms. The third kappa shape index (κ3) is 33.7. The highest BCUT2D eigenvalue weighted by Crippen LogP contribution is 2.04. The summed E-state index contributed by atoms with van der Waals surface area (Å²) in [6.07, 6.45) is 10.1. The van der Waals surface area contributed by atoms with Crippen LogP contribution in [0.1, 0.15) is 45.4 Å². The van der Waals surface area contributed by atoms with Crippen molar-refractivity contribution in [2.75, 3.05) is 0 Å². The standard InChI is InChI=1S/C9H18.H3NO2S/c1-3-5-7-9-8-6-4-2;1-4(2)3/h3H,1,4-9H2,2H3;1H2,(H,2,3)/p-1. The normalized spacial score (nSPS) is 11.3. The Hall–Kier alpha value is -0.190. The minimum absolute atomic E-state index is 1.20. The second-order valence-corrected chi connectivity index (χ2v) is 3.27. The molecule has 0 amide bonds. The van der Waals surface area contributed by atoms with Crippen LogP contribution in [0.5, 0.6) is 0 Å². The molecule has 0 spiro atoms. The summed E-state index contributed by atoms with van der Waals surface area (Å²) in [5, 5.41) is 4.03.